The van der Waals surface area contributed by atoms with Crippen LogP contribution in [-0.2, 0) is 16.0 Å². The molecule has 1 fully saturated rings. The highest BCUT2D eigenvalue weighted by Crippen LogP contribution is 2.29. The number of hydrogen-bond acceptors (Lipinski definition) is 4. The Morgan fingerprint density at radius 2 is 1.89 bits per heavy atom. The second kappa shape index (κ2) is 9.11. The van der Waals surface area contributed by atoms with Crippen LogP contribution >= 0.6 is 0 Å². The van der Waals surface area contributed by atoms with E-state index in [4.69, 9.17) is 9.47 Å². The molecule has 2 amide bonds. The largest absolute Gasteiger partial charge is 0.497 e. The maximum Gasteiger partial charge on any atom is 0.407 e. The lowest BCUT2D eigenvalue weighted by molar-refractivity contribution is -0.123. The fourth-order valence-corrected chi connectivity index (χ4v) is 3.40. The first-order valence-electron chi connectivity index (χ1n) is 9.62. The summed E-state index contributed by atoms with van der Waals surface area (Å²) in [6, 6.07) is 7.75. The van der Waals surface area contributed by atoms with Gasteiger partial charge in [0, 0.05) is 13.0 Å². The number of nitrogens with one attached hydrogen (secondary N) is 2. The van der Waals surface area contributed by atoms with Gasteiger partial charge >= 0.3 is 6.09 Å². The molecule has 6 nitrogen and oxygen atoms in total. The number of aryl methyl sites for hydroxylation is 1. The molecular formula is C21H32N2O4. The number of amides is 2. The van der Waals surface area contributed by atoms with Crippen molar-refractivity contribution in [1.29, 1.82) is 0 Å². The number of rotatable bonds is 7. The Labute approximate surface area is 162 Å². The molecule has 0 radical (unpaired) electrons. The third kappa shape index (κ3) is 7.12. The molecule has 0 aliphatic heterocycles. The van der Waals surface area contributed by atoms with E-state index in [1.807, 2.05) is 45.0 Å². The van der Waals surface area contributed by atoms with Crippen molar-refractivity contribution in [3.05, 3.63) is 29.8 Å². The third-order valence-electron chi connectivity index (χ3n) is 4.71. The first-order valence-corrected chi connectivity index (χ1v) is 9.62. The predicted molar refractivity (Wildman–Crippen MR) is 105 cm³/mol. The average Bonchev–Trinajstić information content (AvgIpc) is 3.06. The van der Waals surface area contributed by atoms with Gasteiger partial charge in [0.15, 0.2) is 0 Å². The first kappa shape index (κ1) is 21.1. The maximum atomic E-state index is 12.5. The molecule has 0 unspecified atom stereocenters. The van der Waals surface area contributed by atoms with Crippen molar-refractivity contribution in [3.63, 3.8) is 0 Å². The standard InChI is InChI=1S/C21H32N2O4/c1-20(2,3)27-19(25)22-15-21(12-5-6-13-21)23-18(24)11-10-16-8-7-9-17(14-16)26-4/h7-9,14H,5-6,10-13,15H2,1-4H3,(H,22,25)(H,23,24). The summed E-state index contributed by atoms with van der Waals surface area (Å²) in [6.45, 7) is 5.89. The van der Waals surface area contributed by atoms with Crippen LogP contribution in [-0.4, -0.2) is 36.8 Å². The summed E-state index contributed by atoms with van der Waals surface area (Å²) in [6.07, 6.45) is 4.44. The minimum atomic E-state index is -0.535. The van der Waals surface area contributed by atoms with Crippen LogP contribution in [0.1, 0.15) is 58.4 Å². The lowest BCUT2D eigenvalue weighted by atomic mass is 9.96. The van der Waals surface area contributed by atoms with E-state index in [1.54, 1.807) is 7.11 Å². The van der Waals surface area contributed by atoms with Crippen molar-refractivity contribution in [2.24, 2.45) is 0 Å². The van der Waals surface area contributed by atoms with Crippen LogP contribution < -0.4 is 15.4 Å². The summed E-state index contributed by atoms with van der Waals surface area (Å²) < 4.78 is 10.5. The Balaban J connectivity index is 1.86. The highest BCUT2D eigenvalue weighted by molar-refractivity contribution is 5.77. The van der Waals surface area contributed by atoms with Gasteiger partial charge in [0.1, 0.15) is 11.4 Å². The van der Waals surface area contributed by atoms with Crippen molar-refractivity contribution in [2.75, 3.05) is 13.7 Å². The smallest absolute Gasteiger partial charge is 0.407 e. The summed E-state index contributed by atoms with van der Waals surface area (Å²) in [7, 11) is 1.63. The number of alkyl carbamates (subject to hydrolysis) is 1. The fraction of sp³-hybridized carbons (Fsp3) is 0.619. The summed E-state index contributed by atoms with van der Waals surface area (Å²) in [5, 5.41) is 5.99. The Morgan fingerprint density at radius 1 is 1.19 bits per heavy atom. The molecule has 1 aliphatic rings. The van der Waals surface area contributed by atoms with Crippen molar-refractivity contribution >= 4 is 12.0 Å². The Bertz CT molecular complexity index is 646. The van der Waals surface area contributed by atoms with Gasteiger partial charge in [0.2, 0.25) is 5.91 Å². The number of benzene rings is 1. The molecule has 150 valence electrons. The van der Waals surface area contributed by atoms with E-state index in [1.165, 1.54) is 0 Å². The van der Waals surface area contributed by atoms with Crippen molar-refractivity contribution in [2.45, 2.75) is 70.4 Å². The zero-order valence-electron chi connectivity index (χ0n) is 16.9. The minimum Gasteiger partial charge on any atom is -0.497 e. The Hall–Kier alpha value is -2.24. The molecule has 0 heterocycles. The molecule has 1 saturated carbocycles. The molecule has 0 atom stereocenters. The van der Waals surface area contributed by atoms with Crippen LogP contribution in [0.4, 0.5) is 4.79 Å². The molecule has 0 bridgehead atoms. The SMILES string of the molecule is COc1cccc(CCC(=O)NC2(CNC(=O)OC(C)(C)C)CCCC2)c1. The number of methoxy groups -OCH3 is 1. The van der Waals surface area contributed by atoms with E-state index in [2.05, 4.69) is 10.6 Å². The van der Waals surface area contributed by atoms with E-state index in [0.717, 1.165) is 37.0 Å². The van der Waals surface area contributed by atoms with Crippen LogP contribution in [0.3, 0.4) is 0 Å². The van der Waals surface area contributed by atoms with Gasteiger partial charge in [-0.05, 0) is 57.7 Å². The monoisotopic (exact) mass is 376 g/mol. The minimum absolute atomic E-state index is 0.00529. The van der Waals surface area contributed by atoms with Crippen LogP contribution in [0.2, 0.25) is 0 Å². The summed E-state index contributed by atoms with van der Waals surface area (Å²) in [5.41, 5.74) is 0.159. The predicted octanol–water partition coefficient (Wildman–Crippen LogP) is 3.58. The molecule has 2 N–H and O–H groups in total. The summed E-state index contributed by atoms with van der Waals surface area (Å²) >= 11 is 0. The normalized spacial score (nSPS) is 15.9. The van der Waals surface area contributed by atoms with Gasteiger partial charge in [-0.25, -0.2) is 4.79 Å². The number of carbonyl (C=O) groups excluding carboxylic acids is 2. The second-order valence-electron chi connectivity index (χ2n) is 8.24. The van der Waals surface area contributed by atoms with Crippen LogP contribution in [0.15, 0.2) is 24.3 Å². The Kier molecular flexibility index (Phi) is 7.11. The van der Waals surface area contributed by atoms with Gasteiger partial charge < -0.3 is 20.1 Å². The van der Waals surface area contributed by atoms with E-state index < -0.39 is 11.7 Å². The molecule has 1 aromatic carbocycles. The number of hydrogen-bond donors (Lipinski definition) is 2. The zero-order chi connectivity index (χ0) is 19.9. The second-order valence-corrected chi connectivity index (χ2v) is 8.24. The lowest BCUT2D eigenvalue weighted by Crippen LogP contribution is -2.54. The molecular weight excluding hydrogens is 344 g/mol. The zero-order valence-corrected chi connectivity index (χ0v) is 16.9. The van der Waals surface area contributed by atoms with E-state index in [0.29, 0.717) is 19.4 Å². The molecule has 0 saturated heterocycles. The highest BCUT2D eigenvalue weighted by Gasteiger charge is 2.36. The maximum absolute atomic E-state index is 12.5. The summed E-state index contributed by atoms with van der Waals surface area (Å²) in [5.74, 6) is 0.799. The molecule has 1 aromatic rings. The van der Waals surface area contributed by atoms with Crippen molar-refractivity contribution in [1.82, 2.24) is 10.6 Å². The van der Waals surface area contributed by atoms with Gasteiger partial charge in [-0.2, -0.15) is 0 Å². The molecule has 1 aliphatic carbocycles. The van der Waals surface area contributed by atoms with Gasteiger partial charge in [-0.3, -0.25) is 4.79 Å². The average molecular weight is 376 g/mol. The summed E-state index contributed by atoms with van der Waals surface area (Å²) in [4.78, 5) is 24.5. The van der Waals surface area contributed by atoms with E-state index >= 15 is 0 Å². The lowest BCUT2D eigenvalue weighted by Gasteiger charge is -2.31. The molecule has 6 heteroatoms. The number of ether oxygens (including phenoxy) is 2. The van der Waals surface area contributed by atoms with Gasteiger partial charge in [-0.15, -0.1) is 0 Å². The van der Waals surface area contributed by atoms with Crippen LogP contribution in [0.25, 0.3) is 0 Å². The van der Waals surface area contributed by atoms with Gasteiger partial charge in [0.05, 0.1) is 12.6 Å². The molecule has 0 spiro atoms. The molecule has 27 heavy (non-hydrogen) atoms. The molecule has 0 aromatic heterocycles. The van der Waals surface area contributed by atoms with Crippen molar-refractivity contribution in [3.8, 4) is 5.75 Å². The third-order valence-corrected chi connectivity index (χ3v) is 4.71. The van der Waals surface area contributed by atoms with Gasteiger partial charge in [-0.1, -0.05) is 25.0 Å². The van der Waals surface area contributed by atoms with Gasteiger partial charge in [0.25, 0.3) is 0 Å². The number of carbonyl (C=O) groups is 2. The van der Waals surface area contributed by atoms with E-state index in [9.17, 15) is 9.59 Å². The van der Waals surface area contributed by atoms with Crippen LogP contribution in [0.5, 0.6) is 5.75 Å². The highest BCUT2D eigenvalue weighted by atomic mass is 16.6. The topological polar surface area (TPSA) is 76.7 Å². The van der Waals surface area contributed by atoms with Crippen LogP contribution in [0, 0.1) is 0 Å². The Morgan fingerprint density at radius 3 is 2.52 bits per heavy atom. The first-order chi connectivity index (χ1) is 12.7. The fourth-order valence-electron chi connectivity index (χ4n) is 3.40. The van der Waals surface area contributed by atoms with Crippen molar-refractivity contribution < 1.29 is 19.1 Å². The molecule has 2 rings (SSSR count). The quantitative estimate of drug-likeness (QED) is 0.763. The van der Waals surface area contributed by atoms with E-state index in [-0.39, 0.29) is 11.4 Å².